The van der Waals surface area contributed by atoms with Gasteiger partial charge in [0.15, 0.2) is 0 Å². The molecule has 0 radical (unpaired) electrons. The predicted octanol–water partition coefficient (Wildman–Crippen LogP) is 0.814. The first kappa shape index (κ1) is 19.3. The number of allylic oxidation sites excluding steroid dienone is 4. The molecule has 22 heavy (non-hydrogen) atoms. The molecule has 0 heterocycles. The molecule has 0 aliphatic carbocycles. The first-order chi connectivity index (χ1) is 10.3. The van der Waals surface area contributed by atoms with Crippen molar-refractivity contribution in [3.63, 3.8) is 0 Å². The fourth-order valence-electron chi connectivity index (χ4n) is 1.38. The smallest absolute Gasteiger partial charge is 0.354 e. The number of hydrogen-bond acceptors (Lipinski definition) is 6. The summed E-state index contributed by atoms with van der Waals surface area (Å²) in [5.41, 5.74) is 0.129. The lowest BCUT2D eigenvalue weighted by molar-refractivity contribution is -0.138. The molecule has 0 unspecified atom stereocenters. The summed E-state index contributed by atoms with van der Waals surface area (Å²) in [6.45, 7) is 2.61. The number of esters is 2. The summed E-state index contributed by atoms with van der Waals surface area (Å²) in [6.07, 6.45) is 5.51. The van der Waals surface area contributed by atoms with Gasteiger partial charge in [0.05, 0.1) is 14.2 Å². The average Bonchev–Trinajstić information content (AvgIpc) is 2.46. The van der Waals surface area contributed by atoms with Crippen molar-refractivity contribution in [1.82, 2.24) is 5.32 Å². The maximum atomic E-state index is 11.5. The first-order valence-electron chi connectivity index (χ1n) is 6.33. The fourth-order valence-corrected chi connectivity index (χ4v) is 1.38. The van der Waals surface area contributed by atoms with Crippen molar-refractivity contribution in [2.75, 3.05) is 14.2 Å². The van der Waals surface area contributed by atoms with E-state index in [-0.39, 0.29) is 23.5 Å². The van der Waals surface area contributed by atoms with Crippen LogP contribution in [0.2, 0.25) is 0 Å². The Kier molecular flexibility index (Phi) is 8.85. The van der Waals surface area contributed by atoms with Crippen molar-refractivity contribution >= 4 is 23.6 Å². The van der Waals surface area contributed by atoms with E-state index < -0.39 is 17.8 Å². The van der Waals surface area contributed by atoms with Gasteiger partial charge in [-0.05, 0) is 13.0 Å². The highest BCUT2D eigenvalue weighted by molar-refractivity contribution is 5.95. The van der Waals surface area contributed by atoms with E-state index in [0.717, 1.165) is 0 Å². The summed E-state index contributed by atoms with van der Waals surface area (Å²) < 4.78 is 9.07. The van der Waals surface area contributed by atoms with E-state index in [1.54, 1.807) is 0 Å². The zero-order valence-electron chi connectivity index (χ0n) is 13.0. The van der Waals surface area contributed by atoms with E-state index in [1.165, 1.54) is 52.4 Å². The van der Waals surface area contributed by atoms with Gasteiger partial charge in [0.1, 0.15) is 11.5 Å². The van der Waals surface area contributed by atoms with Crippen LogP contribution >= 0.6 is 0 Å². The Morgan fingerprint density at radius 3 is 1.91 bits per heavy atom. The Labute approximate surface area is 128 Å². The van der Waals surface area contributed by atoms with Crippen LogP contribution in [0.5, 0.6) is 0 Å². The summed E-state index contributed by atoms with van der Waals surface area (Å²) in [7, 11) is 2.40. The number of hydrogen-bond donors (Lipinski definition) is 1. The van der Waals surface area contributed by atoms with Crippen molar-refractivity contribution in [1.29, 1.82) is 0 Å². The van der Waals surface area contributed by atoms with Gasteiger partial charge in [-0.3, -0.25) is 9.59 Å². The highest BCUT2D eigenvalue weighted by Gasteiger charge is 2.11. The minimum absolute atomic E-state index is 0.0502. The second kappa shape index (κ2) is 10.1. The highest BCUT2D eigenvalue weighted by atomic mass is 16.5. The molecule has 7 heteroatoms. The van der Waals surface area contributed by atoms with Crippen LogP contribution in [-0.4, -0.2) is 37.8 Å². The maximum Gasteiger partial charge on any atom is 0.354 e. The largest absolute Gasteiger partial charge is 0.466 e. The van der Waals surface area contributed by atoms with Crippen LogP contribution in [0, 0.1) is 0 Å². The number of amides is 1. The average molecular weight is 309 g/mol. The van der Waals surface area contributed by atoms with Crippen LogP contribution < -0.4 is 5.32 Å². The minimum atomic E-state index is -0.708. The van der Waals surface area contributed by atoms with Gasteiger partial charge in [0, 0.05) is 18.9 Å². The quantitative estimate of drug-likeness (QED) is 0.424. The number of methoxy groups -OCH3 is 2. The lowest BCUT2D eigenvalue weighted by atomic mass is 10.1. The number of nitrogens with one attached hydrogen (secondary N) is 1. The molecule has 0 aliphatic rings. The van der Waals surface area contributed by atoms with Gasteiger partial charge in [0.2, 0.25) is 5.91 Å². The third kappa shape index (κ3) is 7.78. The van der Waals surface area contributed by atoms with E-state index >= 15 is 0 Å². The van der Waals surface area contributed by atoms with Crippen LogP contribution in [0.1, 0.15) is 20.3 Å². The van der Waals surface area contributed by atoms with E-state index in [2.05, 4.69) is 14.8 Å². The molecule has 0 saturated heterocycles. The highest BCUT2D eigenvalue weighted by Crippen LogP contribution is 2.05. The SMILES string of the molecule is COC(=O)C(=CC=C/C=C(\NC(C)=O)C(=O)OC)CC(C)=O. The molecule has 0 aromatic carbocycles. The van der Waals surface area contributed by atoms with Crippen molar-refractivity contribution in [3.05, 3.63) is 35.6 Å². The summed E-state index contributed by atoms with van der Waals surface area (Å²) in [5.74, 6) is -1.93. The predicted molar refractivity (Wildman–Crippen MR) is 78.5 cm³/mol. The Balaban J connectivity index is 5.16. The summed E-state index contributed by atoms with van der Waals surface area (Å²) in [6, 6.07) is 0. The number of carbonyl (C=O) groups is 4. The molecule has 0 rings (SSSR count). The molecule has 120 valence electrons. The van der Waals surface area contributed by atoms with E-state index in [4.69, 9.17) is 0 Å². The zero-order valence-corrected chi connectivity index (χ0v) is 13.0. The first-order valence-corrected chi connectivity index (χ1v) is 6.33. The second-order valence-corrected chi connectivity index (χ2v) is 4.20. The molecule has 0 aromatic heterocycles. The van der Waals surface area contributed by atoms with Crippen LogP contribution in [0.3, 0.4) is 0 Å². The lowest BCUT2D eigenvalue weighted by Gasteiger charge is -2.04. The number of rotatable bonds is 7. The molecular weight excluding hydrogens is 290 g/mol. The van der Waals surface area contributed by atoms with Crippen molar-refractivity contribution in [2.45, 2.75) is 20.3 Å². The lowest BCUT2D eigenvalue weighted by Crippen LogP contribution is -2.25. The normalized spacial score (nSPS) is 12.0. The molecule has 0 aromatic rings. The Bertz CT molecular complexity index is 494. The Morgan fingerprint density at radius 2 is 1.45 bits per heavy atom. The molecule has 0 atom stereocenters. The molecule has 1 amide bonds. The van der Waals surface area contributed by atoms with E-state index in [9.17, 15) is 19.2 Å². The number of Topliss-reactive ketones (excluding diaryl/α,β-unsaturated/α-hetero) is 1. The fraction of sp³-hybridized carbons (Fsp3) is 0.333. The van der Waals surface area contributed by atoms with Gasteiger partial charge in [-0.15, -0.1) is 0 Å². The van der Waals surface area contributed by atoms with Crippen molar-refractivity contribution < 1.29 is 28.7 Å². The zero-order chi connectivity index (χ0) is 17.1. The molecule has 0 spiro atoms. The molecule has 1 N–H and O–H groups in total. The third-order valence-corrected chi connectivity index (χ3v) is 2.27. The topological polar surface area (TPSA) is 98.8 Å². The molecule has 7 nitrogen and oxygen atoms in total. The standard InChI is InChI=1S/C15H19NO6/c1-10(17)9-12(14(19)21-3)7-5-6-8-13(15(20)22-4)16-11(2)18/h5-8H,9H2,1-4H3,(H,16,18)/b6-5?,12-7?,13-8-. The number of ketones is 1. The van der Waals surface area contributed by atoms with Crippen LogP contribution in [0.15, 0.2) is 35.6 Å². The van der Waals surface area contributed by atoms with E-state index in [1.807, 2.05) is 0 Å². The van der Waals surface area contributed by atoms with Crippen LogP contribution in [-0.2, 0) is 28.7 Å². The van der Waals surface area contributed by atoms with Gasteiger partial charge in [-0.1, -0.05) is 18.2 Å². The van der Waals surface area contributed by atoms with Crippen LogP contribution in [0.4, 0.5) is 0 Å². The number of carbonyl (C=O) groups excluding carboxylic acids is 4. The summed E-state index contributed by atoms with van der Waals surface area (Å²) >= 11 is 0. The van der Waals surface area contributed by atoms with Crippen molar-refractivity contribution in [2.24, 2.45) is 0 Å². The summed E-state index contributed by atoms with van der Waals surface area (Å²) in [4.78, 5) is 44.9. The summed E-state index contributed by atoms with van der Waals surface area (Å²) in [5, 5.41) is 2.31. The van der Waals surface area contributed by atoms with E-state index in [0.29, 0.717) is 0 Å². The second-order valence-electron chi connectivity index (χ2n) is 4.20. The van der Waals surface area contributed by atoms with Crippen LogP contribution in [0.25, 0.3) is 0 Å². The van der Waals surface area contributed by atoms with Gasteiger partial charge < -0.3 is 14.8 Å². The van der Waals surface area contributed by atoms with Gasteiger partial charge in [0.25, 0.3) is 0 Å². The molecule has 0 saturated carbocycles. The molecule has 0 aliphatic heterocycles. The van der Waals surface area contributed by atoms with Crippen molar-refractivity contribution in [3.8, 4) is 0 Å². The Morgan fingerprint density at radius 1 is 0.909 bits per heavy atom. The van der Waals surface area contributed by atoms with Gasteiger partial charge >= 0.3 is 11.9 Å². The molecule has 0 bridgehead atoms. The van der Waals surface area contributed by atoms with Gasteiger partial charge in [-0.25, -0.2) is 9.59 Å². The molecular formula is C15H19NO6. The minimum Gasteiger partial charge on any atom is -0.466 e. The maximum absolute atomic E-state index is 11.5. The monoisotopic (exact) mass is 309 g/mol. The third-order valence-electron chi connectivity index (χ3n) is 2.27. The molecule has 0 fully saturated rings. The Hall–Kier alpha value is -2.70. The van der Waals surface area contributed by atoms with Gasteiger partial charge in [-0.2, -0.15) is 0 Å². The number of ether oxygens (including phenoxy) is 2.